The lowest BCUT2D eigenvalue weighted by Crippen LogP contribution is -2.32. The van der Waals surface area contributed by atoms with Gasteiger partial charge >= 0.3 is 0 Å². The number of nitrogens with one attached hydrogen (secondary N) is 1. The monoisotopic (exact) mass is 364 g/mol. The van der Waals surface area contributed by atoms with E-state index in [9.17, 15) is 4.79 Å². The number of pyridine rings is 1. The largest absolute Gasteiger partial charge is 0.497 e. The zero-order valence-corrected chi connectivity index (χ0v) is 16.0. The van der Waals surface area contributed by atoms with E-state index in [1.165, 1.54) is 11.1 Å². The summed E-state index contributed by atoms with van der Waals surface area (Å²) in [7, 11) is 3.19. The van der Waals surface area contributed by atoms with Crippen LogP contribution in [-0.2, 0) is 19.5 Å². The molecule has 0 radical (unpaired) electrons. The van der Waals surface area contributed by atoms with Gasteiger partial charge in [0.2, 0.25) is 0 Å². The molecule has 1 N–H and O–H groups in total. The third kappa shape index (κ3) is 3.19. The number of ether oxygens (including phenoxy) is 2. The van der Waals surface area contributed by atoms with Crippen molar-refractivity contribution >= 4 is 10.9 Å². The Kier molecular flexibility index (Phi) is 4.62. The number of methoxy groups -OCH3 is 2. The molecular weight excluding hydrogens is 340 g/mol. The number of rotatable bonds is 4. The van der Waals surface area contributed by atoms with E-state index >= 15 is 0 Å². The van der Waals surface area contributed by atoms with Crippen molar-refractivity contribution in [1.82, 2.24) is 9.88 Å². The second-order valence-electron chi connectivity index (χ2n) is 7.04. The summed E-state index contributed by atoms with van der Waals surface area (Å²) in [6.45, 7) is 4.41. The Hall–Kier alpha value is -2.79. The van der Waals surface area contributed by atoms with Crippen LogP contribution in [0.5, 0.6) is 11.5 Å². The molecule has 0 saturated carbocycles. The second kappa shape index (κ2) is 7.08. The molecule has 0 aliphatic carbocycles. The molecule has 1 aromatic heterocycles. The second-order valence-corrected chi connectivity index (χ2v) is 7.04. The smallest absolute Gasteiger partial charge is 0.194 e. The zero-order valence-electron chi connectivity index (χ0n) is 16.0. The minimum atomic E-state index is 0.0392. The number of aryl methyl sites for hydroxylation is 1. The molecule has 2 aromatic carbocycles. The molecule has 27 heavy (non-hydrogen) atoms. The first-order valence-corrected chi connectivity index (χ1v) is 9.17. The van der Waals surface area contributed by atoms with Crippen LogP contribution in [-0.4, -0.2) is 30.6 Å². The van der Waals surface area contributed by atoms with E-state index in [4.69, 9.17) is 9.47 Å². The van der Waals surface area contributed by atoms with Crippen LogP contribution >= 0.6 is 0 Å². The van der Waals surface area contributed by atoms with E-state index in [0.29, 0.717) is 28.9 Å². The van der Waals surface area contributed by atoms with Crippen molar-refractivity contribution in [3.63, 3.8) is 0 Å². The van der Waals surface area contributed by atoms with E-state index in [2.05, 4.69) is 34.1 Å². The summed E-state index contributed by atoms with van der Waals surface area (Å²) in [5.74, 6) is 1.23. The lowest BCUT2D eigenvalue weighted by atomic mass is 9.99. The van der Waals surface area contributed by atoms with Gasteiger partial charge in [-0.15, -0.1) is 0 Å². The Morgan fingerprint density at radius 1 is 1.11 bits per heavy atom. The summed E-state index contributed by atoms with van der Waals surface area (Å²) in [6.07, 6.45) is 1.02. The normalized spacial score (nSPS) is 14.2. The van der Waals surface area contributed by atoms with E-state index in [1.807, 2.05) is 6.92 Å². The third-order valence-electron chi connectivity index (χ3n) is 5.41. The van der Waals surface area contributed by atoms with E-state index in [0.717, 1.165) is 30.8 Å². The fourth-order valence-electron chi connectivity index (χ4n) is 3.88. The van der Waals surface area contributed by atoms with Crippen LogP contribution in [0.15, 0.2) is 41.2 Å². The van der Waals surface area contributed by atoms with Gasteiger partial charge in [-0.25, -0.2) is 0 Å². The molecule has 4 rings (SSSR count). The van der Waals surface area contributed by atoms with Gasteiger partial charge in [-0.2, -0.15) is 0 Å². The standard InChI is InChI=1S/C22H24N2O3/c1-14-19(13-24-9-8-15-6-4-5-7-16(15)12-24)22(25)18-10-17(26-2)11-20(27-3)21(18)23-14/h4-7,10-11H,8-9,12-13H2,1-3H3,(H,23,25). The molecule has 0 atom stereocenters. The average molecular weight is 364 g/mol. The lowest BCUT2D eigenvalue weighted by molar-refractivity contribution is 0.244. The van der Waals surface area contributed by atoms with Gasteiger partial charge in [0.15, 0.2) is 5.43 Å². The predicted molar refractivity (Wildman–Crippen MR) is 107 cm³/mol. The highest BCUT2D eigenvalue weighted by Gasteiger charge is 2.20. The van der Waals surface area contributed by atoms with Gasteiger partial charge in [0.05, 0.1) is 25.1 Å². The summed E-state index contributed by atoms with van der Waals surface area (Å²) in [5, 5.41) is 0.601. The number of nitrogens with zero attached hydrogens (tertiary/aromatic N) is 1. The summed E-state index contributed by atoms with van der Waals surface area (Å²) in [6, 6.07) is 12.1. The third-order valence-corrected chi connectivity index (χ3v) is 5.41. The van der Waals surface area contributed by atoms with Gasteiger partial charge in [-0.3, -0.25) is 9.69 Å². The van der Waals surface area contributed by atoms with E-state index in [-0.39, 0.29) is 5.43 Å². The van der Waals surface area contributed by atoms with Crippen molar-refractivity contribution < 1.29 is 9.47 Å². The van der Waals surface area contributed by atoms with Gasteiger partial charge in [0.1, 0.15) is 11.5 Å². The van der Waals surface area contributed by atoms with E-state index in [1.54, 1.807) is 26.4 Å². The van der Waals surface area contributed by atoms with Crippen LogP contribution in [0.25, 0.3) is 10.9 Å². The first-order valence-electron chi connectivity index (χ1n) is 9.17. The Morgan fingerprint density at radius 2 is 1.89 bits per heavy atom. The van der Waals surface area contributed by atoms with Gasteiger partial charge in [0.25, 0.3) is 0 Å². The van der Waals surface area contributed by atoms with Gasteiger partial charge in [-0.05, 0) is 30.5 Å². The Balaban J connectivity index is 1.73. The number of aromatic amines is 1. The van der Waals surface area contributed by atoms with Crippen molar-refractivity contribution in [3.05, 3.63) is 69.0 Å². The van der Waals surface area contributed by atoms with Crippen LogP contribution in [0.4, 0.5) is 0 Å². The molecule has 2 heterocycles. The van der Waals surface area contributed by atoms with Crippen LogP contribution in [0, 0.1) is 6.92 Å². The van der Waals surface area contributed by atoms with Crippen molar-refractivity contribution in [1.29, 1.82) is 0 Å². The highest BCUT2D eigenvalue weighted by atomic mass is 16.5. The van der Waals surface area contributed by atoms with Crippen molar-refractivity contribution in [3.8, 4) is 11.5 Å². The fraction of sp³-hybridized carbons (Fsp3) is 0.318. The van der Waals surface area contributed by atoms with Crippen LogP contribution in [0.2, 0.25) is 0 Å². The number of H-pyrrole nitrogens is 1. The Morgan fingerprint density at radius 3 is 2.63 bits per heavy atom. The SMILES string of the molecule is COc1cc(OC)c2[nH]c(C)c(CN3CCc4ccccc4C3)c(=O)c2c1. The number of hydrogen-bond donors (Lipinski definition) is 1. The van der Waals surface area contributed by atoms with Crippen LogP contribution in [0.3, 0.4) is 0 Å². The molecule has 0 spiro atoms. The molecule has 0 fully saturated rings. The summed E-state index contributed by atoms with van der Waals surface area (Å²) >= 11 is 0. The van der Waals surface area contributed by atoms with Crippen LogP contribution < -0.4 is 14.9 Å². The molecule has 140 valence electrons. The first kappa shape index (κ1) is 17.6. The molecule has 0 unspecified atom stereocenters. The molecule has 5 nitrogen and oxygen atoms in total. The van der Waals surface area contributed by atoms with Crippen molar-refractivity contribution in [2.24, 2.45) is 0 Å². The highest BCUT2D eigenvalue weighted by Crippen LogP contribution is 2.29. The van der Waals surface area contributed by atoms with Crippen LogP contribution in [0.1, 0.15) is 22.4 Å². The maximum atomic E-state index is 13.2. The minimum absolute atomic E-state index is 0.0392. The maximum Gasteiger partial charge on any atom is 0.194 e. The van der Waals surface area contributed by atoms with Gasteiger partial charge in [0, 0.05) is 37.0 Å². The Labute approximate surface area is 158 Å². The van der Waals surface area contributed by atoms with Gasteiger partial charge in [-0.1, -0.05) is 24.3 Å². The maximum absolute atomic E-state index is 13.2. The van der Waals surface area contributed by atoms with Gasteiger partial charge < -0.3 is 14.5 Å². The topological polar surface area (TPSA) is 54.6 Å². The molecule has 1 aliphatic heterocycles. The predicted octanol–water partition coefficient (Wildman–Crippen LogP) is 3.41. The van der Waals surface area contributed by atoms with Crippen molar-refractivity contribution in [2.45, 2.75) is 26.4 Å². The number of fused-ring (bicyclic) bond motifs is 2. The Bertz CT molecular complexity index is 1060. The molecular formula is C22H24N2O3. The number of hydrogen-bond acceptors (Lipinski definition) is 4. The number of benzene rings is 2. The molecule has 0 bridgehead atoms. The zero-order chi connectivity index (χ0) is 19.0. The van der Waals surface area contributed by atoms with E-state index < -0.39 is 0 Å². The lowest BCUT2D eigenvalue weighted by Gasteiger charge is -2.29. The molecule has 3 aromatic rings. The first-order chi connectivity index (χ1) is 13.1. The molecule has 5 heteroatoms. The quantitative estimate of drug-likeness (QED) is 0.771. The average Bonchev–Trinajstić information content (AvgIpc) is 2.70. The number of aromatic nitrogens is 1. The van der Waals surface area contributed by atoms with Crippen molar-refractivity contribution in [2.75, 3.05) is 20.8 Å². The highest BCUT2D eigenvalue weighted by molar-refractivity contribution is 5.87. The minimum Gasteiger partial charge on any atom is -0.497 e. The molecule has 1 aliphatic rings. The summed E-state index contributed by atoms with van der Waals surface area (Å²) in [5.41, 5.74) is 5.20. The summed E-state index contributed by atoms with van der Waals surface area (Å²) in [4.78, 5) is 19.0. The molecule has 0 amide bonds. The summed E-state index contributed by atoms with van der Waals surface area (Å²) < 4.78 is 10.8. The molecule has 0 saturated heterocycles. The fourth-order valence-corrected chi connectivity index (χ4v) is 3.88.